The Morgan fingerprint density at radius 1 is 1.36 bits per heavy atom. The van der Waals surface area contributed by atoms with Crippen molar-refractivity contribution in [2.24, 2.45) is 7.05 Å². The van der Waals surface area contributed by atoms with Crippen molar-refractivity contribution < 1.29 is 9.53 Å². The van der Waals surface area contributed by atoms with E-state index >= 15 is 0 Å². The molecule has 0 saturated carbocycles. The third-order valence-corrected chi connectivity index (χ3v) is 4.96. The van der Waals surface area contributed by atoms with Crippen molar-refractivity contribution in [1.29, 1.82) is 5.26 Å². The van der Waals surface area contributed by atoms with E-state index in [1.165, 1.54) is 0 Å². The lowest BCUT2D eigenvalue weighted by atomic mass is 10.00. The zero-order valence-electron chi connectivity index (χ0n) is 15.6. The lowest BCUT2D eigenvalue weighted by molar-refractivity contribution is -0.129. The first kappa shape index (κ1) is 18.2. The van der Waals surface area contributed by atoms with Crippen molar-refractivity contribution >= 4 is 16.8 Å². The highest BCUT2D eigenvalue weighted by molar-refractivity contribution is 5.84. The Kier molecular flexibility index (Phi) is 5.06. The summed E-state index contributed by atoms with van der Waals surface area (Å²) in [6.07, 6.45) is 1.77. The molecule has 3 aromatic rings. The highest BCUT2D eigenvalue weighted by atomic mass is 16.5. The van der Waals surface area contributed by atoms with Crippen LogP contribution in [0.2, 0.25) is 0 Å². The summed E-state index contributed by atoms with van der Waals surface area (Å²) in [6, 6.07) is 15.9. The van der Waals surface area contributed by atoms with E-state index in [0.717, 1.165) is 27.6 Å². The van der Waals surface area contributed by atoms with Gasteiger partial charge in [-0.3, -0.25) is 14.8 Å². The largest absolute Gasteiger partial charge is 0.352 e. The molecule has 4 rings (SSSR count). The van der Waals surface area contributed by atoms with Crippen molar-refractivity contribution in [3.8, 4) is 17.2 Å². The van der Waals surface area contributed by atoms with E-state index in [2.05, 4.69) is 40.0 Å². The van der Waals surface area contributed by atoms with Crippen LogP contribution in [-0.4, -0.2) is 41.1 Å². The number of carbonyl (C=O) groups is 1. The van der Waals surface area contributed by atoms with E-state index in [0.29, 0.717) is 19.7 Å². The fraction of sp³-hybridized carbons (Fsp3) is 0.286. The van der Waals surface area contributed by atoms with Crippen LogP contribution < -0.4 is 10.6 Å². The molecule has 142 valence electrons. The summed E-state index contributed by atoms with van der Waals surface area (Å²) < 4.78 is 7.13. The molecule has 0 aliphatic carbocycles. The van der Waals surface area contributed by atoms with Gasteiger partial charge in [-0.05, 0) is 22.8 Å². The summed E-state index contributed by atoms with van der Waals surface area (Å²) in [5.74, 6) is -0.252. The molecule has 0 bridgehead atoms. The zero-order chi connectivity index (χ0) is 19.5. The summed E-state index contributed by atoms with van der Waals surface area (Å²) in [5, 5.41) is 20.5. The number of rotatable bonds is 5. The van der Waals surface area contributed by atoms with Gasteiger partial charge in [0, 0.05) is 25.4 Å². The lowest BCUT2D eigenvalue weighted by Crippen LogP contribution is -2.43. The maximum atomic E-state index is 12.1. The Bertz CT molecular complexity index is 1030. The first-order valence-corrected chi connectivity index (χ1v) is 9.17. The van der Waals surface area contributed by atoms with Crippen LogP contribution in [-0.2, 0) is 23.0 Å². The molecule has 28 heavy (non-hydrogen) atoms. The van der Waals surface area contributed by atoms with Gasteiger partial charge in [-0.2, -0.15) is 10.4 Å². The van der Waals surface area contributed by atoms with Gasteiger partial charge in [0.15, 0.2) is 0 Å². The Hall–Kier alpha value is -3.21. The molecule has 0 radical (unpaired) electrons. The third-order valence-electron chi connectivity index (χ3n) is 4.96. The van der Waals surface area contributed by atoms with Gasteiger partial charge < -0.3 is 10.1 Å². The second-order valence-electron chi connectivity index (χ2n) is 6.89. The van der Waals surface area contributed by atoms with Crippen LogP contribution in [0.15, 0.2) is 48.7 Å². The molecular formula is C21H21N5O2. The van der Waals surface area contributed by atoms with Crippen LogP contribution >= 0.6 is 0 Å². The fourth-order valence-electron chi connectivity index (χ4n) is 3.36. The van der Waals surface area contributed by atoms with Crippen LogP contribution in [0.4, 0.5) is 0 Å². The van der Waals surface area contributed by atoms with E-state index in [-0.39, 0.29) is 5.91 Å². The van der Waals surface area contributed by atoms with Gasteiger partial charge >= 0.3 is 0 Å². The number of aryl methyl sites for hydroxylation is 1. The molecule has 1 saturated heterocycles. The van der Waals surface area contributed by atoms with E-state index in [1.54, 1.807) is 0 Å². The van der Waals surface area contributed by atoms with Gasteiger partial charge in [-0.15, -0.1) is 0 Å². The minimum absolute atomic E-state index is 0.252. The second kappa shape index (κ2) is 7.80. The fourth-order valence-corrected chi connectivity index (χ4v) is 3.36. The highest BCUT2D eigenvalue weighted by Crippen LogP contribution is 2.24. The number of ether oxygens (including phenoxy) is 1. The Morgan fingerprint density at radius 2 is 2.14 bits per heavy atom. The number of carbonyl (C=O) groups excluding carboxylic acids is 1. The van der Waals surface area contributed by atoms with Crippen molar-refractivity contribution in [1.82, 2.24) is 20.4 Å². The van der Waals surface area contributed by atoms with Crippen molar-refractivity contribution in [2.75, 3.05) is 13.3 Å². The molecule has 2 aromatic carbocycles. The average Bonchev–Trinajstić information content (AvgIpc) is 3.38. The maximum Gasteiger partial charge on any atom is 0.251 e. The number of fused-ring (bicyclic) bond motifs is 1. The average molecular weight is 375 g/mol. The standard InChI is InChI=1S/C21H21N5O2/c1-26-19-9-16(6-7-17(19)11-24-26)15-4-2-14(3-5-15)8-18(10-22)25-21(27)20-12-23-13-28-20/h2-7,9,11,18,20,23H,8,12-13H2,1H3,(H,25,27)/t18-,20-/m0/s1. The predicted molar refractivity (Wildman–Crippen MR) is 105 cm³/mol. The van der Waals surface area contributed by atoms with Gasteiger partial charge in [0.1, 0.15) is 12.1 Å². The van der Waals surface area contributed by atoms with E-state index in [4.69, 9.17) is 4.74 Å². The molecule has 0 spiro atoms. The Balaban J connectivity index is 1.45. The summed E-state index contributed by atoms with van der Waals surface area (Å²) in [5.41, 5.74) is 4.27. The van der Waals surface area contributed by atoms with E-state index < -0.39 is 12.1 Å². The molecule has 1 fully saturated rings. The molecule has 1 amide bonds. The van der Waals surface area contributed by atoms with E-state index in [9.17, 15) is 10.1 Å². The third kappa shape index (κ3) is 3.74. The van der Waals surface area contributed by atoms with Gasteiger partial charge in [0.25, 0.3) is 5.91 Å². The van der Waals surface area contributed by atoms with Crippen LogP contribution in [0.1, 0.15) is 5.56 Å². The lowest BCUT2D eigenvalue weighted by Gasteiger charge is -2.15. The molecule has 7 nitrogen and oxygen atoms in total. The first-order valence-electron chi connectivity index (χ1n) is 9.17. The van der Waals surface area contributed by atoms with Crippen molar-refractivity contribution in [3.63, 3.8) is 0 Å². The molecule has 1 aromatic heterocycles. The summed E-state index contributed by atoms with van der Waals surface area (Å²) in [7, 11) is 1.93. The van der Waals surface area contributed by atoms with Crippen LogP contribution in [0, 0.1) is 11.3 Å². The predicted octanol–water partition coefficient (Wildman–Crippen LogP) is 1.74. The monoisotopic (exact) mass is 375 g/mol. The number of nitrogens with zero attached hydrogens (tertiary/aromatic N) is 3. The molecule has 7 heteroatoms. The minimum atomic E-state index is -0.589. The molecule has 1 aliphatic rings. The first-order chi connectivity index (χ1) is 13.6. The molecule has 1 aliphatic heterocycles. The van der Waals surface area contributed by atoms with Crippen LogP contribution in [0.3, 0.4) is 0 Å². The summed E-state index contributed by atoms with van der Waals surface area (Å²) >= 11 is 0. The van der Waals surface area contributed by atoms with Crippen LogP contribution in [0.5, 0.6) is 0 Å². The summed E-state index contributed by atoms with van der Waals surface area (Å²) in [6.45, 7) is 0.834. The second-order valence-corrected chi connectivity index (χ2v) is 6.89. The minimum Gasteiger partial charge on any atom is -0.352 e. The Morgan fingerprint density at radius 3 is 2.86 bits per heavy atom. The number of aromatic nitrogens is 2. The Labute approximate surface area is 162 Å². The molecular weight excluding hydrogens is 354 g/mol. The van der Waals surface area contributed by atoms with Crippen molar-refractivity contribution in [2.45, 2.75) is 18.6 Å². The van der Waals surface area contributed by atoms with Gasteiger partial charge in [-0.25, -0.2) is 0 Å². The molecule has 2 N–H and O–H groups in total. The van der Waals surface area contributed by atoms with Gasteiger partial charge in [0.05, 0.1) is 24.5 Å². The summed E-state index contributed by atoms with van der Waals surface area (Å²) in [4.78, 5) is 12.1. The molecule has 2 heterocycles. The van der Waals surface area contributed by atoms with Gasteiger partial charge in [-0.1, -0.05) is 36.4 Å². The zero-order valence-corrected chi connectivity index (χ0v) is 15.6. The SMILES string of the molecule is Cn1ncc2ccc(-c3ccc(C[C@@H](C#N)NC(=O)[C@@H]4CNCO4)cc3)cc21. The number of amides is 1. The number of nitrogens with one attached hydrogen (secondary N) is 2. The topological polar surface area (TPSA) is 92.0 Å². The number of hydrogen-bond acceptors (Lipinski definition) is 5. The number of nitriles is 1. The molecule has 2 atom stereocenters. The number of benzene rings is 2. The number of hydrogen-bond donors (Lipinski definition) is 2. The van der Waals surface area contributed by atoms with Crippen molar-refractivity contribution in [3.05, 3.63) is 54.2 Å². The maximum absolute atomic E-state index is 12.1. The highest BCUT2D eigenvalue weighted by Gasteiger charge is 2.25. The van der Waals surface area contributed by atoms with E-state index in [1.807, 2.05) is 42.2 Å². The molecule has 0 unspecified atom stereocenters. The normalized spacial score (nSPS) is 17.4. The van der Waals surface area contributed by atoms with Gasteiger partial charge in [0.2, 0.25) is 0 Å². The van der Waals surface area contributed by atoms with Crippen LogP contribution in [0.25, 0.3) is 22.0 Å². The smallest absolute Gasteiger partial charge is 0.251 e. The quantitative estimate of drug-likeness (QED) is 0.709.